The van der Waals surface area contributed by atoms with Crippen LogP contribution in [0.15, 0.2) is 30.3 Å². The molecule has 1 aliphatic heterocycles. The van der Waals surface area contributed by atoms with Crippen molar-refractivity contribution < 1.29 is 14.6 Å². The van der Waals surface area contributed by atoms with Crippen molar-refractivity contribution in [2.75, 3.05) is 13.1 Å². The fourth-order valence-corrected chi connectivity index (χ4v) is 3.62. The Bertz CT molecular complexity index is 470. The number of carbonyl (C=O) groups is 1. The van der Waals surface area contributed by atoms with Crippen molar-refractivity contribution in [3.63, 3.8) is 0 Å². The van der Waals surface area contributed by atoms with Gasteiger partial charge in [0.05, 0.1) is 12.6 Å². The number of hydrogen-bond acceptors (Lipinski definition) is 3. The summed E-state index contributed by atoms with van der Waals surface area (Å²) in [7, 11) is 0. The number of carbonyl (C=O) groups excluding carboxylic acids is 1. The molecular weight excluding hydrogens is 266 g/mol. The van der Waals surface area contributed by atoms with E-state index in [1.165, 1.54) is 25.7 Å². The second-order valence-corrected chi connectivity index (χ2v) is 6.22. The highest BCUT2D eigenvalue weighted by Crippen LogP contribution is 2.36. The van der Waals surface area contributed by atoms with E-state index >= 15 is 0 Å². The Hall–Kier alpha value is -1.55. The smallest absolute Gasteiger partial charge is 0.410 e. The molecule has 4 nitrogen and oxygen atoms in total. The molecule has 0 unspecified atom stereocenters. The van der Waals surface area contributed by atoms with E-state index in [0.717, 1.165) is 5.56 Å². The van der Waals surface area contributed by atoms with Crippen LogP contribution in [0.2, 0.25) is 0 Å². The molecule has 3 rings (SSSR count). The van der Waals surface area contributed by atoms with E-state index in [1.54, 1.807) is 4.90 Å². The molecule has 2 aliphatic rings. The first-order valence-electron chi connectivity index (χ1n) is 7.88. The summed E-state index contributed by atoms with van der Waals surface area (Å²) in [4.78, 5) is 13.8. The Morgan fingerprint density at radius 3 is 2.62 bits per heavy atom. The normalized spacial score (nSPS) is 26.2. The number of aliphatic hydroxyl groups excluding tert-OH is 1. The topological polar surface area (TPSA) is 49.8 Å². The Labute approximate surface area is 125 Å². The minimum absolute atomic E-state index is 0.233. The second kappa shape index (κ2) is 6.48. The van der Waals surface area contributed by atoms with Crippen molar-refractivity contribution in [2.24, 2.45) is 11.8 Å². The first-order valence-corrected chi connectivity index (χ1v) is 7.88. The van der Waals surface area contributed by atoms with Gasteiger partial charge >= 0.3 is 6.09 Å². The van der Waals surface area contributed by atoms with Crippen molar-refractivity contribution in [3.05, 3.63) is 35.9 Å². The van der Waals surface area contributed by atoms with Crippen molar-refractivity contribution in [2.45, 2.75) is 38.4 Å². The van der Waals surface area contributed by atoms with Gasteiger partial charge < -0.3 is 14.7 Å². The van der Waals surface area contributed by atoms with Crippen LogP contribution in [0.5, 0.6) is 0 Å². The van der Waals surface area contributed by atoms with Gasteiger partial charge in [-0.2, -0.15) is 0 Å². The molecule has 1 saturated heterocycles. The van der Waals surface area contributed by atoms with Crippen LogP contribution in [0.3, 0.4) is 0 Å². The predicted molar refractivity (Wildman–Crippen MR) is 79.7 cm³/mol. The number of benzene rings is 1. The highest BCUT2D eigenvalue weighted by molar-refractivity contribution is 5.68. The molecule has 114 valence electrons. The van der Waals surface area contributed by atoms with Gasteiger partial charge in [0, 0.05) is 12.5 Å². The summed E-state index contributed by atoms with van der Waals surface area (Å²) >= 11 is 0. The van der Waals surface area contributed by atoms with Crippen LogP contribution in [-0.2, 0) is 11.3 Å². The second-order valence-electron chi connectivity index (χ2n) is 6.22. The lowest BCUT2D eigenvalue weighted by molar-refractivity contribution is 0.0954. The largest absolute Gasteiger partial charge is 0.445 e. The number of aliphatic hydroxyl groups is 1. The minimum atomic E-state index is -0.391. The van der Waals surface area contributed by atoms with E-state index in [4.69, 9.17) is 4.74 Å². The lowest BCUT2D eigenvalue weighted by atomic mass is 9.88. The van der Waals surface area contributed by atoms with E-state index in [2.05, 4.69) is 0 Å². The first kappa shape index (κ1) is 14.4. The van der Waals surface area contributed by atoms with Gasteiger partial charge in [-0.25, -0.2) is 4.79 Å². The van der Waals surface area contributed by atoms with E-state index in [0.29, 0.717) is 25.6 Å². The lowest BCUT2D eigenvalue weighted by Gasteiger charge is -2.20. The Balaban J connectivity index is 1.51. The fourth-order valence-electron chi connectivity index (χ4n) is 3.62. The third-order valence-electron chi connectivity index (χ3n) is 4.80. The lowest BCUT2D eigenvalue weighted by Crippen LogP contribution is -2.30. The van der Waals surface area contributed by atoms with Crippen LogP contribution in [0.1, 0.15) is 31.2 Å². The molecule has 1 N–H and O–H groups in total. The minimum Gasteiger partial charge on any atom is -0.445 e. The van der Waals surface area contributed by atoms with Gasteiger partial charge in [-0.1, -0.05) is 56.0 Å². The molecule has 0 bridgehead atoms. The van der Waals surface area contributed by atoms with Crippen LogP contribution < -0.4 is 0 Å². The average molecular weight is 289 g/mol. The maximum absolute atomic E-state index is 12.1. The molecule has 1 saturated carbocycles. The average Bonchev–Trinajstić information content (AvgIpc) is 3.15. The van der Waals surface area contributed by atoms with Gasteiger partial charge in [-0.3, -0.25) is 0 Å². The van der Waals surface area contributed by atoms with Gasteiger partial charge in [0.15, 0.2) is 0 Å². The monoisotopic (exact) mass is 289 g/mol. The Morgan fingerprint density at radius 1 is 1.19 bits per heavy atom. The molecule has 1 aromatic rings. The molecule has 0 radical (unpaired) electrons. The summed E-state index contributed by atoms with van der Waals surface area (Å²) < 4.78 is 5.35. The maximum atomic E-state index is 12.1. The molecule has 4 heteroatoms. The zero-order chi connectivity index (χ0) is 14.7. The van der Waals surface area contributed by atoms with Crippen molar-refractivity contribution in [1.82, 2.24) is 4.90 Å². The molecule has 1 amide bonds. The third kappa shape index (κ3) is 3.38. The Morgan fingerprint density at radius 2 is 1.90 bits per heavy atom. The molecule has 21 heavy (non-hydrogen) atoms. The zero-order valence-electron chi connectivity index (χ0n) is 12.3. The summed E-state index contributed by atoms with van der Waals surface area (Å²) in [6.07, 6.45) is 4.19. The molecule has 2 fully saturated rings. The summed E-state index contributed by atoms with van der Waals surface area (Å²) in [5.74, 6) is 0.809. The molecule has 1 aromatic carbocycles. The quantitative estimate of drug-likeness (QED) is 0.931. The van der Waals surface area contributed by atoms with E-state index in [-0.39, 0.29) is 12.0 Å². The van der Waals surface area contributed by atoms with Crippen LogP contribution in [0.4, 0.5) is 4.79 Å². The number of rotatable bonds is 3. The fraction of sp³-hybridized carbons (Fsp3) is 0.588. The number of hydrogen-bond donors (Lipinski definition) is 1. The summed E-state index contributed by atoms with van der Waals surface area (Å²) in [6, 6.07) is 9.67. The van der Waals surface area contributed by atoms with Crippen molar-refractivity contribution >= 4 is 6.09 Å². The first-order chi connectivity index (χ1) is 10.2. The molecule has 1 heterocycles. The van der Waals surface area contributed by atoms with Gasteiger partial charge in [0.1, 0.15) is 6.61 Å². The number of amides is 1. The number of β-amino-alcohol motifs (C(OH)–C–C–N with tert-alkyl or cyclic N) is 1. The molecule has 0 spiro atoms. The third-order valence-corrected chi connectivity index (χ3v) is 4.80. The molecule has 2 atom stereocenters. The zero-order valence-corrected chi connectivity index (χ0v) is 12.3. The van der Waals surface area contributed by atoms with Crippen LogP contribution in [-0.4, -0.2) is 35.3 Å². The SMILES string of the molecule is O=C(OCc1ccccc1)N1C[C@H](C2CCCC2)[C@@H](O)C1. The van der Waals surface area contributed by atoms with Crippen molar-refractivity contribution in [1.29, 1.82) is 0 Å². The molecule has 0 aromatic heterocycles. The number of nitrogens with zero attached hydrogens (tertiary/aromatic N) is 1. The van der Waals surface area contributed by atoms with Gasteiger partial charge in [-0.15, -0.1) is 0 Å². The molecule has 1 aliphatic carbocycles. The van der Waals surface area contributed by atoms with Gasteiger partial charge in [-0.05, 0) is 11.5 Å². The van der Waals surface area contributed by atoms with Gasteiger partial charge in [0.25, 0.3) is 0 Å². The summed E-state index contributed by atoms with van der Waals surface area (Å²) in [5.41, 5.74) is 0.984. The van der Waals surface area contributed by atoms with E-state index in [1.807, 2.05) is 30.3 Å². The van der Waals surface area contributed by atoms with E-state index in [9.17, 15) is 9.90 Å². The highest BCUT2D eigenvalue weighted by Gasteiger charge is 2.40. The van der Waals surface area contributed by atoms with Crippen LogP contribution in [0.25, 0.3) is 0 Å². The van der Waals surface area contributed by atoms with Crippen LogP contribution >= 0.6 is 0 Å². The van der Waals surface area contributed by atoms with E-state index < -0.39 is 6.10 Å². The number of ether oxygens (including phenoxy) is 1. The summed E-state index contributed by atoms with van der Waals surface area (Å²) in [6.45, 7) is 1.34. The highest BCUT2D eigenvalue weighted by atomic mass is 16.6. The van der Waals surface area contributed by atoms with Crippen molar-refractivity contribution in [3.8, 4) is 0 Å². The summed E-state index contributed by atoms with van der Waals surface area (Å²) in [5, 5.41) is 10.2. The predicted octanol–water partition coefficient (Wildman–Crippen LogP) is 2.81. The Kier molecular flexibility index (Phi) is 4.44. The molecular formula is C17H23NO3. The maximum Gasteiger partial charge on any atom is 0.410 e. The van der Waals surface area contributed by atoms with Crippen LogP contribution in [0, 0.1) is 11.8 Å². The standard InChI is InChI=1S/C17H23NO3/c19-16-11-18(10-15(16)14-8-4-5-9-14)17(20)21-12-13-6-2-1-3-7-13/h1-3,6-7,14-16,19H,4-5,8-12H2/t15-,16+/m1/s1. The van der Waals surface area contributed by atoms with Gasteiger partial charge in [0.2, 0.25) is 0 Å². The number of likely N-dealkylation sites (tertiary alicyclic amines) is 1.